The maximum Gasteiger partial charge on any atom is 0.148 e. The molecule has 1 unspecified atom stereocenters. The van der Waals surface area contributed by atoms with Gasteiger partial charge in [0.2, 0.25) is 0 Å². The van der Waals surface area contributed by atoms with Crippen molar-refractivity contribution < 1.29 is 12.8 Å². The van der Waals surface area contributed by atoms with Crippen molar-refractivity contribution in [1.82, 2.24) is 0 Å². The van der Waals surface area contributed by atoms with Gasteiger partial charge in [-0.05, 0) is 24.1 Å². The summed E-state index contributed by atoms with van der Waals surface area (Å²) in [7, 11) is -3.08. The molecule has 6 heteroatoms. The zero-order valence-corrected chi connectivity index (χ0v) is 11.2. The molecule has 90 valence electrons. The average Bonchev–Trinajstić information content (AvgIpc) is 2.06. The Hall–Kier alpha value is -0.460. The van der Waals surface area contributed by atoms with Crippen LogP contribution >= 0.6 is 15.9 Å². The Morgan fingerprint density at radius 2 is 2.12 bits per heavy atom. The van der Waals surface area contributed by atoms with Crippen LogP contribution in [0.5, 0.6) is 0 Å². The molecule has 16 heavy (non-hydrogen) atoms. The molecule has 0 saturated carbocycles. The van der Waals surface area contributed by atoms with E-state index < -0.39 is 15.9 Å². The zero-order chi connectivity index (χ0) is 12.3. The normalized spacial score (nSPS) is 13.8. The first-order valence-corrected chi connectivity index (χ1v) is 7.50. The fraction of sp³-hybridized carbons (Fsp3) is 0.400. The third-order valence-electron chi connectivity index (χ3n) is 2.01. The Bertz CT molecular complexity index is 476. The molecule has 0 aliphatic heterocycles. The molecule has 1 aromatic carbocycles. The molecular weight excluding hydrogens is 297 g/mol. The molecule has 0 aliphatic carbocycles. The van der Waals surface area contributed by atoms with E-state index in [1.807, 2.05) is 0 Å². The Morgan fingerprint density at radius 1 is 1.50 bits per heavy atom. The number of hydrogen-bond donors (Lipinski definition) is 1. The third kappa shape index (κ3) is 4.59. The van der Waals surface area contributed by atoms with E-state index in [0.717, 1.165) is 11.8 Å². The van der Waals surface area contributed by atoms with Crippen molar-refractivity contribution in [2.45, 2.75) is 12.5 Å². The average molecular weight is 310 g/mol. The van der Waals surface area contributed by atoms with Gasteiger partial charge in [0.1, 0.15) is 15.7 Å². The van der Waals surface area contributed by atoms with Crippen LogP contribution in [0.15, 0.2) is 22.7 Å². The van der Waals surface area contributed by atoms with Crippen LogP contribution in [-0.2, 0) is 16.3 Å². The van der Waals surface area contributed by atoms with Gasteiger partial charge in [-0.3, -0.25) is 0 Å². The standard InChI is InChI=1S/C10H13BrFNO2S/c1-16(14,15)6-9(13)4-7-2-3-8(12)5-10(7)11/h2-3,5,9H,4,6,13H2,1H3. The van der Waals surface area contributed by atoms with Gasteiger partial charge in [0.15, 0.2) is 0 Å². The molecule has 0 bridgehead atoms. The molecule has 0 radical (unpaired) electrons. The Balaban J connectivity index is 2.73. The van der Waals surface area contributed by atoms with Gasteiger partial charge in [-0.2, -0.15) is 0 Å². The maximum absolute atomic E-state index is 12.8. The summed E-state index contributed by atoms with van der Waals surface area (Å²) in [6, 6.07) is 3.79. The Morgan fingerprint density at radius 3 is 2.62 bits per heavy atom. The summed E-state index contributed by atoms with van der Waals surface area (Å²) in [4.78, 5) is 0. The van der Waals surface area contributed by atoms with Crippen LogP contribution < -0.4 is 5.73 Å². The zero-order valence-electron chi connectivity index (χ0n) is 8.78. The molecule has 0 spiro atoms. The van der Waals surface area contributed by atoms with Crippen LogP contribution in [0.25, 0.3) is 0 Å². The number of nitrogens with two attached hydrogens (primary N) is 1. The molecule has 0 heterocycles. The quantitative estimate of drug-likeness (QED) is 0.917. The van der Waals surface area contributed by atoms with Crippen LogP contribution in [-0.4, -0.2) is 26.5 Å². The van der Waals surface area contributed by atoms with Crippen molar-refractivity contribution in [3.63, 3.8) is 0 Å². The van der Waals surface area contributed by atoms with E-state index in [-0.39, 0.29) is 11.6 Å². The van der Waals surface area contributed by atoms with E-state index in [1.165, 1.54) is 12.1 Å². The van der Waals surface area contributed by atoms with Crippen LogP contribution in [0.1, 0.15) is 5.56 Å². The predicted octanol–water partition coefficient (Wildman–Crippen LogP) is 1.50. The topological polar surface area (TPSA) is 60.2 Å². The second-order valence-corrected chi connectivity index (χ2v) is 6.83. The summed E-state index contributed by atoms with van der Waals surface area (Å²) in [5.74, 6) is -0.413. The minimum absolute atomic E-state index is 0.0726. The first-order chi connectivity index (χ1) is 7.28. The van der Waals surface area contributed by atoms with Gasteiger partial charge >= 0.3 is 0 Å². The summed E-state index contributed by atoms with van der Waals surface area (Å²) in [5.41, 5.74) is 6.51. The highest BCUT2D eigenvalue weighted by Crippen LogP contribution is 2.19. The highest BCUT2D eigenvalue weighted by atomic mass is 79.9. The Kier molecular flexibility index (Phi) is 4.46. The van der Waals surface area contributed by atoms with E-state index in [2.05, 4.69) is 15.9 Å². The molecule has 1 aromatic rings. The highest BCUT2D eigenvalue weighted by Gasteiger charge is 2.13. The summed E-state index contributed by atoms with van der Waals surface area (Å²) < 4.78 is 35.4. The number of sulfone groups is 1. The summed E-state index contributed by atoms with van der Waals surface area (Å²) in [6.07, 6.45) is 1.54. The molecule has 0 fully saturated rings. The molecule has 1 rings (SSSR count). The van der Waals surface area contributed by atoms with Crippen LogP contribution in [0.2, 0.25) is 0 Å². The molecule has 2 N–H and O–H groups in total. The van der Waals surface area contributed by atoms with Gasteiger partial charge in [-0.15, -0.1) is 0 Å². The van der Waals surface area contributed by atoms with Gasteiger partial charge in [0.05, 0.1) is 5.75 Å². The number of hydrogen-bond acceptors (Lipinski definition) is 3. The number of halogens is 2. The molecule has 1 atom stereocenters. The minimum Gasteiger partial charge on any atom is -0.326 e. The smallest absolute Gasteiger partial charge is 0.148 e. The number of rotatable bonds is 4. The largest absolute Gasteiger partial charge is 0.326 e. The fourth-order valence-corrected chi connectivity index (χ4v) is 2.83. The molecule has 0 aromatic heterocycles. The highest BCUT2D eigenvalue weighted by molar-refractivity contribution is 9.10. The third-order valence-corrected chi connectivity index (χ3v) is 3.79. The van der Waals surface area contributed by atoms with E-state index in [0.29, 0.717) is 10.9 Å². The summed E-state index contributed by atoms with van der Waals surface area (Å²) in [5, 5.41) is 0. The molecule has 0 aliphatic rings. The Labute approximate surface area is 103 Å². The lowest BCUT2D eigenvalue weighted by molar-refractivity contribution is 0.590. The monoisotopic (exact) mass is 309 g/mol. The maximum atomic E-state index is 12.8. The van der Waals surface area contributed by atoms with Crippen molar-refractivity contribution in [3.8, 4) is 0 Å². The minimum atomic E-state index is -3.08. The van der Waals surface area contributed by atoms with Crippen molar-refractivity contribution in [2.24, 2.45) is 5.73 Å². The van der Waals surface area contributed by atoms with E-state index in [9.17, 15) is 12.8 Å². The van der Waals surface area contributed by atoms with Crippen molar-refractivity contribution in [3.05, 3.63) is 34.1 Å². The first kappa shape index (κ1) is 13.6. The lowest BCUT2D eigenvalue weighted by Gasteiger charge is -2.11. The van der Waals surface area contributed by atoms with Gasteiger partial charge < -0.3 is 5.73 Å². The number of benzene rings is 1. The van der Waals surface area contributed by atoms with Gasteiger partial charge in [-0.25, -0.2) is 12.8 Å². The predicted molar refractivity (Wildman–Crippen MR) is 65.5 cm³/mol. The summed E-state index contributed by atoms with van der Waals surface area (Å²) in [6.45, 7) is 0. The molecule has 0 saturated heterocycles. The van der Waals surface area contributed by atoms with Crippen LogP contribution in [0.4, 0.5) is 4.39 Å². The first-order valence-electron chi connectivity index (χ1n) is 4.65. The van der Waals surface area contributed by atoms with Crippen LogP contribution in [0.3, 0.4) is 0 Å². The SMILES string of the molecule is CS(=O)(=O)CC(N)Cc1ccc(F)cc1Br. The van der Waals surface area contributed by atoms with Gasteiger partial charge in [0, 0.05) is 16.8 Å². The molecule has 3 nitrogen and oxygen atoms in total. The fourth-order valence-electron chi connectivity index (χ4n) is 1.42. The van der Waals surface area contributed by atoms with Crippen molar-refractivity contribution in [1.29, 1.82) is 0 Å². The lowest BCUT2D eigenvalue weighted by Crippen LogP contribution is -2.31. The van der Waals surface area contributed by atoms with E-state index >= 15 is 0 Å². The van der Waals surface area contributed by atoms with Gasteiger partial charge in [0.25, 0.3) is 0 Å². The second kappa shape index (κ2) is 5.25. The van der Waals surface area contributed by atoms with Crippen molar-refractivity contribution in [2.75, 3.05) is 12.0 Å². The lowest BCUT2D eigenvalue weighted by atomic mass is 10.1. The van der Waals surface area contributed by atoms with E-state index in [1.54, 1.807) is 6.07 Å². The van der Waals surface area contributed by atoms with Crippen molar-refractivity contribution >= 4 is 25.8 Å². The van der Waals surface area contributed by atoms with Crippen LogP contribution in [0, 0.1) is 5.82 Å². The second-order valence-electron chi connectivity index (χ2n) is 3.79. The van der Waals surface area contributed by atoms with E-state index in [4.69, 9.17) is 5.73 Å². The summed E-state index contributed by atoms with van der Waals surface area (Å²) >= 11 is 3.21. The molecular formula is C10H13BrFNO2S. The van der Waals surface area contributed by atoms with Gasteiger partial charge in [-0.1, -0.05) is 22.0 Å². The molecule has 0 amide bonds.